The Morgan fingerprint density at radius 3 is 2.52 bits per heavy atom. The van der Waals surface area contributed by atoms with E-state index in [1.807, 2.05) is 48.1 Å². The average molecular weight is 850 g/mol. The molecule has 3 aromatic carbocycles. The molecule has 3 aliphatic rings. The van der Waals surface area contributed by atoms with Crippen LogP contribution >= 0.6 is 0 Å². The van der Waals surface area contributed by atoms with Crippen molar-refractivity contribution in [3.8, 4) is 28.8 Å². The monoisotopic (exact) mass is 849 g/mol. The van der Waals surface area contributed by atoms with E-state index in [1.165, 1.54) is 25.4 Å². The number of para-hydroxylation sites is 1. The van der Waals surface area contributed by atoms with E-state index in [0.29, 0.717) is 73.1 Å². The van der Waals surface area contributed by atoms with Crippen LogP contribution < -0.4 is 30.9 Å². The summed E-state index contributed by atoms with van der Waals surface area (Å²) in [5, 5.41) is 11.7. The van der Waals surface area contributed by atoms with Crippen molar-refractivity contribution >= 4 is 69.4 Å². The van der Waals surface area contributed by atoms with Crippen molar-refractivity contribution in [1.29, 1.82) is 0 Å². The molecule has 0 spiro atoms. The fraction of sp³-hybridized carbons (Fsp3) is 0.261. The molecule has 5 amide bonds. The van der Waals surface area contributed by atoms with Crippen LogP contribution in [0.5, 0.6) is 5.75 Å². The summed E-state index contributed by atoms with van der Waals surface area (Å²) in [5.74, 6) is 3.16. The summed E-state index contributed by atoms with van der Waals surface area (Å²) in [6, 6.07) is 14.6. The molecule has 320 valence electrons. The molecule has 17 heteroatoms. The molecule has 1 unspecified atom stereocenters. The van der Waals surface area contributed by atoms with E-state index in [0.717, 1.165) is 22.2 Å². The number of anilines is 4. The van der Waals surface area contributed by atoms with Gasteiger partial charge in [-0.05, 0) is 42.3 Å². The number of carbonyl (C=O) groups excluding carboxylic acids is 6. The Bertz CT molecular complexity index is 2810. The maximum atomic E-state index is 12.9. The molecule has 3 aliphatic heterocycles. The van der Waals surface area contributed by atoms with Gasteiger partial charge in [-0.3, -0.25) is 39.5 Å². The number of nitrogens with one attached hydrogen (secondary N) is 4. The Morgan fingerprint density at radius 2 is 1.78 bits per heavy atom. The number of imide groups is 2. The number of piperazine rings is 1. The highest BCUT2D eigenvalue weighted by Crippen LogP contribution is 2.40. The third-order valence-electron chi connectivity index (χ3n) is 11.4. The van der Waals surface area contributed by atoms with Crippen molar-refractivity contribution in [2.45, 2.75) is 25.2 Å². The summed E-state index contributed by atoms with van der Waals surface area (Å²) in [6.45, 7) is 6.85. The van der Waals surface area contributed by atoms with E-state index in [9.17, 15) is 28.8 Å². The minimum absolute atomic E-state index is 0.113. The number of carbonyl (C=O) groups is 6. The molecule has 63 heavy (non-hydrogen) atoms. The summed E-state index contributed by atoms with van der Waals surface area (Å²) < 4.78 is 12.9. The van der Waals surface area contributed by atoms with Crippen molar-refractivity contribution in [1.82, 2.24) is 30.1 Å². The Morgan fingerprint density at radius 1 is 0.984 bits per heavy atom. The van der Waals surface area contributed by atoms with Gasteiger partial charge in [-0.25, -0.2) is 14.8 Å². The summed E-state index contributed by atoms with van der Waals surface area (Å²) in [7, 11) is 4.76. The fourth-order valence-electron chi connectivity index (χ4n) is 8.25. The number of methoxy groups -OCH3 is 2. The van der Waals surface area contributed by atoms with E-state index in [4.69, 9.17) is 14.5 Å². The minimum Gasteiger partial charge on any atom is -0.494 e. The van der Waals surface area contributed by atoms with Crippen LogP contribution in [0, 0.1) is 11.8 Å². The fourth-order valence-corrected chi connectivity index (χ4v) is 8.25. The number of fused-ring (bicyclic) bond motifs is 2. The number of nitrogens with zero attached hydrogens (tertiary/aromatic N) is 5. The first-order valence-electron chi connectivity index (χ1n) is 20.2. The first-order valence-corrected chi connectivity index (χ1v) is 20.2. The summed E-state index contributed by atoms with van der Waals surface area (Å²) in [6.07, 6.45) is 5.31. The van der Waals surface area contributed by atoms with E-state index in [1.54, 1.807) is 19.2 Å². The highest BCUT2D eigenvalue weighted by Gasteiger charge is 2.38. The number of aromatic nitrogens is 3. The SMILES string of the molecule is C=CC(=O)Nc1cc(Nc2ncc(C(=O)OC)c(-c3cn(C)c4ccccc34)n2)c(OC)cc1N1CCN(CCC#Cc2ccc3c(c2C2CCC(=O)NC2=O)C(=O)NC3=O)CC1. The zero-order chi connectivity index (χ0) is 44.4. The second-order valence-electron chi connectivity index (χ2n) is 15.1. The Labute approximate surface area is 361 Å². The standard InChI is InChI=1S/C46H43N9O8/c1-5-37(56)48-32-22-33(49-46-47-24-30(45(61)63-4)41(51-46)31-25-53(2)34-12-7-6-11-27(31)34)36(62-3)23-35(32)55-20-18-54(19-21-55)17-9-8-10-26-13-14-29-40(44(60)52-43(29)59)39(26)28-15-16-38(57)50-42(28)58/h5-7,11-14,22-25,28H,1,9,15-21H2,2-4H3,(H,48,56)(H,47,49,51)(H,50,57,58)(H,52,59,60). The van der Waals surface area contributed by atoms with Crippen LogP contribution in [0.4, 0.5) is 23.0 Å². The van der Waals surface area contributed by atoms with E-state index in [2.05, 4.69) is 54.5 Å². The van der Waals surface area contributed by atoms with Crippen LogP contribution in [0.15, 0.2) is 73.6 Å². The molecule has 2 aromatic heterocycles. The summed E-state index contributed by atoms with van der Waals surface area (Å²) in [4.78, 5) is 89.3. The second kappa shape index (κ2) is 17.6. The molecule has 8 rings (SSSR count). The zero-order valence-electron chi connectivity index (χ0n) is 34.8. The number of hydrogen-bond acceptors (Lipinski definition) is 13. The van der Waals surface area contributed by atoms with Crippen LogP contribution in [-0.2, 0) is 26.2 Å². The van der Waals surface area contributed by atoms with Gasteiger partial charge in [0.25, 0.3) is 11.8 Å². The quantitative estimate of drug-likeness (QED) is 0.0636. The lowest BCUT2D eigenvalue weighted by Gasteiger charge is -2.37. The van der Waals surface area contributed by atoms with Crippen molar-refractivity contribution in [2.75, 3.05) is 62.5 Å². The van der Waals surface area contributed by atoms with E-state index in [-0.39, 0.29) is 41.4 Å². The molecule has 2 fully saturated rings. The number of rotatable bonds is 11. The predicted molar refractivity (Wildman–Crippen MR) is 234 cm³/mol. The number of esters is 1. The Kier molecular flexibility index (Phi) is 11.7. The van der Waals surface area contributed by atoms with Crippen molar-refractivity contribution in [3.05, 3.63) is 101 Å². The molecule has 0 radical (unpaired) electrons. The summed E-state index contributed by atoms with van der Waals surface area (Å²) in [5.41, 5.74) is 5.09. The molecular formula is C46H43N9O8. The maximum absolute atomic E-state index is 12.9. The largest absolute Gasteiger partial charge is 0.494 e. The van der Waals surface area contributed by atoms with Gasteiger partial charge in [0.1, 0.15) is 11.3 Å². The van der Waals surface area contributed by atoms with Crippen LogP contribution in [0.2, 0.25) is 0 Å². The number of ether oxygens (including phenoxy) is 2. The van der Waals surface area contributed by atoms with Gasteiger partial charge >= 0.3 is 5.97 Å². The third kappa shape index (κ3) is 8.31. The highest BCUT2D eigenvalue weighted by molar-refractivity contribution is 6.23. The molecule has 5 aromatic rings. The number of hydrogen-bond donors (Lipinski definition) is 4. The zero-order valence-corrected chi connectivity index (χ0v) is 34.8. The first-order chi connectivity index (χ1) is 30.5. The van der Waals surface area contributed by atoms with Crippen molar-refractivity contribution in [2.24, 2.45) is 7.05 Å². The molecule has 2 saturated heterocycles. The molecule has 17 nitrogen and oxygen atoms in total. The lowest BCUT2D eigenvalue weighted by molar-refractivity contribution is -0.134. The minimum atomic E-state index is -0.794. The van der Waals surface area contributed by atoms with Gasteiger partial charge in [0, 0.05) is 93.1 Å². The Balaban J connectivity index is 0.996. The topological polar surface area (TPSA) is 206 Å². The molecule has 0 bridgehead atoms. The number of benzene rings is 3. The molecule has 5 heterocycles. The molecule has 1 atom stereocenters. The van der Waals surface area contributed by atoms with Gasteiger partial charge in [0.15, 0.2) is 0 Å². The number of amides is 5. The van der Waals surface area contributed by atoms with Gasteiger partial charge < -0.3 is 29.6 Å². The van der Waals surface area contributed by atoms with Crippen molar-refractivity contribution < 1.29 is 38.2 Å². The highest BCUT2D eigenvalue weighted by atomic mass is 16.5. The lowest BCUT2D eigenvalue weighted by atomic mass is 9.83. The lowest BCUT2D eigenvalue weighted by Crippen LogP contribution is -2.46. The van der Waals surface area contributed by atoms with Crippen LogP contribution in [0.1, 0.15) is 67.4 Å². The normalized spacial score (nSPS) is 16.1. The van der Waals surface area contributed by atoms with Gasteiger partial charge in [0.05, 0.1) is 54.0 Å². The second-order valence-corrected chi connectivity index (χ2v) is 15.1. The maximum Gasteiger partial charge on any atom is 0.341 e. The Hall–Kier alpha value is -7.84. The van der Waals surface area contributed by atoms with Gasteiger partial charge in [-0.15, -0.1) is 0 Å². The van der Waals surface area contributed by atoms with Gasteiger partial charge in [-0.2, -0.15) is 0 Å². The average Bonchev–Trinajstić information content (AvgIpc) is 3.78. The van der Waals surface area contributed by atoms with Crippen LogP contribution in [0.25, 0.3) is 22.2 Å². The van der Waals surface area contributed by atoms with Crippen LogP contribution in [0.3, 0.4) is 0 Å². The molecule has 0 saturated carbocycles. The molecule has 0 aliphatic carbocycles. The first kappa shape index (κ1) is 41.9. The van der Waals surface area contributed by atoms with Crippen LogP contribution in [-0.4, -0.2) is 102 Å². The smallest absolute Gasteiger partial charge is 0.341 e. The van der Waals surface area contributed by atoms with Crippen molar-refractivity contribution in [3.63, 3.8) is 0 Å². The predicted octanol–water partition coefficient (Wildman–Crippen LogP) is 4.27. The number of piperidine rings is 1. The summed E-state index contributed by atoms with van der Waals surface area (Å²) >= 11 is 0. The van der Waals surface area contributed by atoms with Gasteiger partial charge in [0.2, 0.25) is 23.7 Å². The van der Waals surface area contributed by atoms with E-state index >= 15 is 0 Å². The van der Waals surface area contributed by atoms with Gasteiger partial charge in [-0.1, -0.05) is 36.6 Å². The molecule has 4 N–H and O–H groups in total. The van der Waals surface area contributed by atoms with E-state index < -0.39 is 35.5 Å². The third-order valence-corrected chi connectivity index (χ3v) is 11.4. The number of aryl methyl sites for hydroxylation is 1. The molecular weight excluding hydrogens is 807 g/mol.